The number of aliphatic hydroxyl groups is 1. The van der Waals surface area contributed by atoms with Crippen LogP contribution < -0.4 is 4.74 Å². The molecular weight excluding hydrogens is 219 g/mol. The van der Waals surface area contributed by atoms with Gasteiger partial charge in [0.15, 0.2) is 0 Å². The van der Waals surface area contributed by atoms with Crippen LogP contribution in [0.4, 0.5) is 4.39 Å². The number of ether oxygens (including phenoxy) is 1. The van der Waals surface area contributed by atoms with Crippen LogP contribution in [0.2, 0.25) is 0 Å². The SMILES string of the molecule is CC(O)c1ccc(F)cc1OCC1CCCC1. The van der Waals surface area contributed by atoms with Crippen LogP contribution in [-0.4, -0.2) is 11.7 Å². The first kappa shape index (κ1) is 12.4. The first-order valence-electron chi connectivity index (χ1n) is 6.27. The van der Waals surface area contributed by atoms with E-state index in [-0.39, 0.29) is 5.82 Å². The van der Waals surface area contributed by atoms with Crippen LogP contribution in [0.15, 0.2) is 18.2 Å². The Morgan fingerprint density at radius 1 is 1.41 bits per heavy atom. The van der Waals surface area contributed by atoms with E-state index in [2.05, 4.69) is 0 Å². The van der Waals surface area contributed by atoms with Gasteiger partial charge in [-0.3, -0.25) is 0 Å². The van der Waals surface area contributed by atoms with E-state index < -0.39 is 6.10 Å². The molecule has 0 amide bonds. The molecule has 94 valence electrons. The topological polar surface area (TPSA) is 29.5 Å². The molecule has 0 saturated heterocycles. The third-order valence-electron chi connectivity index (χ3n) is 3.37. The van der Waals surface area contributed by atoms with Crippen molar-refractivity contribution < 1.29 is 14.2 Å². The Morgan fingerprint density at radius 3 is 2.76 bits per heavy atom. The number of halogens is 1. The minimum atomic E-state index is -0.630. The molecule has 1 N–H and O–H groups in total. The van der Waals surface area contributed by atoms with Crippen molar-refractivity contribution in [2.45, 2.75) is 38.7 Å². The van der Waals surface area contributed by atoms with Crippen molar-refractivity contribution >= 4 is 0 Å². The van der Waals surface area contributed by atoms with Crippen molar-refractivity contribution in [2.75, 3.05) is 6.61 Å². The Bertz CT molecular complexity index is 370. The first-order valence-corrected chi connectivity index (χ1v) is 6.27. The van der Waals surface area contributed by atoms with Gasteiger partial charge in [-0.15, -0.1) is 0 Å². The molecule has 2 nitrogen and oxygen atoms in total. The summed E-state index contributed by atoms with van der Waals surface area (Å²) in [7, 11) is 0. The predicted octanol–water partition coefficient (Wildman–Crippen LogP) is 3.45. The molecule has 0 spiro atoms. The van der Waals surface area contributed by atoms with E-state index in [1.54, 1.807) is 13.0 Å². The molecule has 1 aliphatic carbocycles. The fraction of sp³-hybridized carbons (Fsp3) is 0.571. The second-order valence-electron chi connectivity index (χ2n) is 4.82. The van der Waals surface area contributed by atoms with Gasteiger partial charge in [-0.05, 0) is 37.8 Å². The summed E-state index contributed by atoms with van der Waals surface area (Å²) in [4.78, 5) is 0. The van der Waals surface area contributed by atoms with E-state index in [4.69, 9.17) is 4.74 Å². The third-order valence-corrected chi connectivity index (χ3v) is 3.37. The minimum Gasteiger partial charge on any atom is -0.493 e. The van der Waals surface area contributed by atoms with Crippen molar-refractivity contribution in [1.29, 1.82) is 0 Å². The highest BCUT2D eigenvalue weighted by molar-refractivity contribution is 5.35. The highest BCUT2D eigenvalue weighted by atomic mass is 19.1. The van der Waals surface area contributed by atoms with Crippen LogP contribution in [0, 0.1) is 11.7 Å². The van der Waals surface area contributed by atoms with Crippen LogP contribution >= 0.6 is 0 Å². The molecule has 1 atom stereocenters. The second-order valence-corrected chi connectivity index (χ2v) is 4.82. The van der Waals surface area contributed by atoms with Gasteiger partial charge in [0.1, 0.15) is 11.6 Å². The van der Waals surface area contributed by atoms with Crippen LogP contribution in [0.1, 0.15) is 44.3 Å². The van der Waals surface area contributed by atoms with E-state index in [0.717, 1.165) is 0 Å². The van der Waals surface area contributed by atoms with E-state index in [1.807, 2.05) is 0 Å². The lowest BCUT2D eigenvalue weighted by Crippen LogP contribution is -2.10. The normalized spacial score (nSPS) is 18.3. The number of rotatable bonds is 4. The third kappa shape index (κ3) is 3.19. The molecule has 1 unspecified atom stereocenters. The van der Waals surface area contributed by atoms with Gasteiger partial charge in [0.2, 0.25) is 0 Å². The summed E-state index contributed by atoms with van der Waals surface area (Å²) < 4.78 is 18.8. The minimum absolute atomic E-state index is 0.323. The maximum atomic E-state index is 13.1. The lowest BCUT2D eigenvalue weighted by atomic mass is 10.1. The van der Waals surface area contributed by atoms with Gasteiger partial charge in [-0.25, -0.2) is 4.39 Å². The Balaban J connectivity index is 2.04. The standard InChI is InChI=1S/C14H19FO2/c1-10(16)13-7-6-12(15)8-14(13)17-9-11-4-2-3-5-11/h6-8,10-11,16H,2-5,9H2,1H3. The van der Waals surface area contributed by atoms with E-state index in [0.29, 0.717) is 23.8 Å². The largest absolute Gasteiger partial charge is 0.493 e. The Hall–Kier alpha value is -1.09. The maximum absolute atomic E-state index is 13.1. The second kappa shape index (κ2) is 5.50. The van der Waals surface area contributed by atoms with Crippen LogP contribution in [0.3, 0.4) is 0 Å². The molecule has 2 rings (SSSR count). The predicted molar refractivity (Wildman–Crippen MR) is 64.5 cm³/mol. The zero-order valence-electron chi connectivity index (χ0n) is 10.2. The summed E-state index contributed by atoms with van der Waals surface area (Å²) in [6.07, 6.45) is 4.29. The van der Waals surface area contributed by atoms with Crippen molar-refractivity contribution in [3.63, 3.8) is 0 Å². The zero-order valence-corrected chi connectivity index (χ0v) is 10.2. The summed E-state index contributed by atoms with van der Waals surface area (Å²) in [6, 6.07) is 4.30. The van der Waals surface area contributed by atoms with E-state index in [1.165, 1.54) is 37.8 Å². The molecule has 0 heterocycles. The number of benzene rings is 1. The number of aliphatic hydroxyl groups excluding tert-OH is 1. The smallest absolute Gasteiger partial charge is 0.128 e. The van der Waals surface area contributed by atoms with Crippen molar-refractivity contribution in [3.05, 3.63) is 29.6 Å². The molecule has 1 aliphatic rings. The molecule has 1 fully saturated rings. The Labute approximate surface area is 101 Å². The average molecular weight is 238 g/mol. The van der Waals surface area contributed by atoms with E-state index in [9.17, 15) is 9.50 Å². The average Bonchev–Trinajstić information content (AvgIpc) is 2.78. The molecule has 1 saturated carbocycles. The van der Waals surface area contributed by atoms with Gasteiger partial charge >= 0.3 is 0 Å². The maximum Gasteiger partial charge on any atom is 0.128 e. The molecule has 0 radical (unpaired) electrons. The van der Waals surface area contributed by atoms with E-state index >= 15 is 0 Å². The highest BCUT2D eigenvalue weighted by Crippen LogP contribution is 2.29. The van der Waals surface area contributed by atoms with Crippen molar-refractivity contribution in [3.8, 4) is 5.75 Å². The summed E-state index contributed by atoms with van der Waals surface area (Å²) >= 11 is 0. The molecular formula is C14H19FO2. The highest BCUT2D eigenvalue weighted by Gasteiger charge is 2.17. The van der Waals surface area contributed by atoms with Crippen molar-refractivity contribution in [2.24, 2.45) is 5.92 Å². The summed E-state index contributed by atoms with van der Waals surface area (Å²) in [5.41, 5.74) is 0.657. The Kier molecular flexibility index (Phi) is 4.00. The summed E-state index contributed by atoms with van der Waals surface area (Å²) in [6.45, 7) is 2.29. The molecule has 3 heteroatoms. The van der Waals surface area contributed by atoms with Crippen LogP contribution in [-0.2, 0) is 0 Å². The lowest BCUT2D eigenvalue weighted by molar-refractivity contribution is 0.186. The lowest BCUT2D eigenvalue weighted by Gasteiger charge is -2.16. The van der Waals surface area contributed by atoms with Gasteiger partial charge in [0.25, 0.3) is 0 Å². The number of hydrogen-bond donors (Lipinski definition) is 1. The first-order chi connectivity index (χ1) is 8.16. The molecule has 0 aliphatic heterocycles. The van der Waals surface area contributed by atoms with Gasteiger partial charge in [-0.2, -0.15) is 0 Å². The Morgan fingerprint density at radius 2 is 2.12 bits per heavy atom. The quantitative estimate of drug-likeness (QED) is 0.870. The summed E-state index contributed by atoms with van der Waals surface area (Å²) in [5.74, 6) is 0.739. The van der Waals surface area contributed by atoms with Crippen molar-refractivity contribution in [1.82, 2.24) is 0 Å². The number of hydrogen-bond acceptors (Lipinski definition) is 2. The van der Waals surface area contributed by atoms with Gasteiger partial charge in [-0.1, -0.05) is 12.8 Å². The monoisotopic (exact) mass is 238 g/mol. The molecule has 0 bridgehead atoms. The molecule has 1 aromatic carbocycles. The van der Waals surface area contributed by atoms with Crippen LogP contribution in [0.5, 0.6) is 5.75 Å². The van der Waals surface area contributed by atoms with Gasteiger partial charge < -0.3 is 9.84 Å². The molecule has 1 aromatic rings. The summed E-state index contributed by atoms with van der Waals surface area (Å²) in [5, 5.41) is 9.58. The van der Waals surface area contributed by atoms with Gasteiger partial charge in [0, 0.05) is 11.6 Å². The fourth-order valence-corrected chi connectivity index (χ4v) is 2.36. The molecule has 17 heavy (non-hydrogen) atoms. The van der Waals surface area contributed by atoms with Gasteiger partial charge in [0.05, 0.1) is 12.7 Å². The fourth-order valence-electron chi connectivity index (χ4n) is 2.36. The molecule has 0 aromatic heterocycles. The van der Waals surface area contributed by atoms with Crippen LogP contribution in [0.25, 0.3) is 0 Å². The zero-order chi connectivity index (χ0) is 12.3.